The number of nitrogens with one attached hydrogen (secondary N) is 1. The van der Waals surface area contributed by atoms with Crippen molar-refractivity contribution in [3.8, 4) is 5.75 Å². The van der Waals surface area contributed by atoms with Crippen molar-refractivity contribution in [2.45, 2.75) is 45.3 Å². The lowest BCUT2D eigenvalue weighted by atomic mass is 9.91. The Kier molecular flexibility index (Phi) is 7.09. The zero-order chi connectivity index (χ0) is 24.1. The largest absolute Gasteiger partial charge is 0.508 e. The third kappa shape index (κ3) is 5.52. The Bertz CT molecular complexity index is 1040. The van der Waals surface area contributed by atoms with E-state index in [-0.39, 0.29) is 19.2 Å². The SMILES string of the molecule is CCOC(=O)OC1(COc2ccc3c(c2)CN(C(=N)N)CC3)CCN(c2ccnc(C)c2)CC1. The highest BCUT2D eigenvalue weighted by atomic mass is 16.7. The van der Waals surface area contributed by atoms with Gasteiger partial charge in [0.2, 0.25) is 0 Å². The molecule has 0 amide bonds. The van der Waals surface area contributed by atoms with E-state index in [0.717, 1.165) is 43.0 Å². The average molecular weight is 468 g/mol. The molecule has 2 aromatic rings. The van der Waals surface area contributed by atoms with Crippen LogP contribution in [0.4, 0.5) is 10.5 Å². The number of hydrogen-bond donors (Lipinski definition) is 2. The van der Waals surface area contributed by atoms with E-state index in [4.69, 9.17) is 25.4 Å². The number of carbonyl (C=O) groups is 1. The number of ether oxygens (including phenoxy) is 3. The van der Waals surface area contributed by atoms with Crippen LogP contribution in [0, 0.1) is 12.3 Å². The summed E-state index contributed by atoms with van der Waals surface area (Å²) in [4.78, 5) is 20.6. The molecule has 9 heteroatoms. The van der Waals surface area contributed by atoms with Crippen LogP contribution in [0.2, 0.25) is 0 Å². The molecule has 0 bridgehead atoms. The van der Waals surface area contributed by atoms with Gasteiger partial charge in [0.15, 0.2) is 11.6 Å². The lowest BCUT2D eigenvalue weighted by molar-refractivity contribution is -0.0692. The molecule has 1 fully saturated rings. The number of nitrogens with zero attached hydrogens (tertiary/aromatic N) is 3. The van der Waals surface area contributed by atoms with Gasteiger partial charge in [0.1, 0.15) is 12.4 Å². The Morgan fingerprint density at radius 3 is 2.68 bits per heavy atom. The third-order valence-electron chi connectivity index (χ3n) is 6.51. The molecule has 3 N–H and O–H groups in total. The number of piperidine rings is 1. The van der Waals surface area contributed by atoms with Gasteiger partial charge in [-0.25, -0.2) is 4.79 Å². The third-order valence-corrected chi connectivity index (χ3v) is 6.51. The highest BCUT2D eigenvalue weighted by Gasteiger charge is 2.40. The molecule has 34 heavy (non-hydrogen) atoms. The van der Waals surface area contributed by atoms with E-state index in [1.54, 1.807) is 6.92 Å². The van der Waals surface area contributed by atoms with Gasteiger partial charge in [0.05, 0.1) is 6.61 Å². The molecule has 2 aliphatic heterocycles. The van der Waals surface area contributed by atoms with E-state index in [0.29, 0.717) is 25.1 Å². The van der Waals surface area contributed by atoms with Crippen LogP contribution >= 0.6 is 0 Å². The second-order valence-electron chi connectivity index (χ2n) is 8.89. The number of pyridine rings is 1. The van der Waals surface area contributed by atoms with Crippen LogP contribution < -0.4 is 15.4 Å². The molecule has 1 aromatic heterocycles. The van der Waals surface area contributed by atoms with E-state index in [1.165, 1.54) is 5.56 Å². The first kappa shape index (κ1) is 23.7. The Hall–Kier alpha value is -3.49. The molecule has 0 unspecified atom stereocenters. The van der Waals surface area contributed by atoms with Gasteiger partial charge < -0.3 is 29.7 Å². The second kappa shape index (κ2) is 10.2. The van der Waals surface area contributed by atoms with Crippen LogP contribution in [0.15, 0.2) is 36.5 Å². The predicted octanol–water partition coefficient (Wildman–Crippen LogP) is 3.23. The molecule has 1 saturated heterocycles. The van der Waals surface area contributed by atoms with Gasteiger partial charge in [-0.3, -0.25) is 10.4 Å². The first-order valence-corrected chi connectivity index (χ1v) is 11.7. The lowest BCUT2D eigenvalue weighted by Gasteiger charge is -2.41. The summed E-state index contributed by atoms with van der Waals surface area (Å²) in [6.45, 7) is 7.02. The predicted molar refractivity (Wildman–Crippen MR) is 129 cm³/mol. The highest BCUT2D eigenvalue weighted by Crippen LogP contribution is 2.32. The van der Waals surface area contributed by atoms with Crippen LogP contribution in [0.3, 0.4) is 0 Å². The molecule has 0 aliphatic carbocycles. The number of aryl methyl sites for hydroxylation is 1. The molecular formula is C25H33N5O4. The molecule has 0 atom stereocenters. The van der Waals surface area contributed by atoms with Crippen molar-refractivity contribution >= 4 is 17.8 Å². The van der Waals surface area contributed by atoms with Gasteiger partial charge in [-0.1, -0.05) is 6.07 Å². The quantitative estimate of drug-likeness (QED) is 0.378. The van der Waals surface area contributed by atoms with Gasteiger partial charge in [-0.15, -0.1) is 0 Å². The summed E-state index contributed by atoms with van der Waals surface area (Å²) in [7, 11) is 0. The molecule has 182 valence electrons. The minimum Gasteiger partial charge on any atom is -0.489 e. The summed E-state index contributed by atoms with van der Waals surface area (Å²) in [6.07, 6.45) is 3.23. The monoisotopic (exact) mass is 467 g/mol. The van der Waals surface area contributed by atoms with Crippen molar-refractivity contribution in [2.75, 3.05) is 37.7 Å². The van der Waals surface area contributed by atoms with Crippen molar-refractivity contribution < 1.29 is 19.0 Å². The van der Waals surface area contributed by atoms with Crippen molar-refractivity contribution in [1.82, 2.24) is 9.88 Å². The minimum absolute atomic E-state index is 0.0786. The number of benzene rings is 1. The number of carbonyl (C=O) groups excluding carboxylic acids is 1. The fraction of sp³-hybridized carbons (Fsp3) is 0.480. The summed E-state index contributed by atoms with van der Waals surface area (Å²) in [5, 5.41) is 7.72. The summed E-state index contributed by atoms with van der Waals surface area (Å²) in [6, 6.07) is 10.1. The van der Waals surface area contributed by atoms with Crippen LogP contribution in [0.1, 0.15) is 36.6 Å². The van der Waals surface area contributed by atoms with Crippen LogP contribution in [0.25, 0.3) is 0 Å². The van der Waals surface area contributed by atoms with Crippen molar-refractivity contribution in [1.29, 1.82) is 5.41 Å². The van der Waals surface area contributed by atoms with Gasteiger partial charge in [-0.05, 0) is 55.7 Å². The number of anilines is 1. The number of nitrogens with two attached hydrogens (primary N) is 1. The Balaban J connectivity index is 1.45. The standard InChI is InChI=1S/C25H33N5O4/c1-3-32-24(31)34-25(8-12-29(13-9-25)21-6-10-28-18(2)14-21)17-33-22-5-4-19-7-11-30(23(26)27)16-20(19)15-22/h4-6,10,14-15H,3,7-9,11-13,16-17H2,1-2H3,(H3,26,27). The van der Waals surface area contributed by atoms with Crippen LogP contribution in [0.5, 0.6) is 5.75 Å². The number of fused-ring (bicyclic) bond motifs is 1. The maximum absolute atomic E-state index is 12.3. The molecule has 4 rings (SSSR count). The molecular weight excluding hydrogens is 434 g/mol. The zero-order valence-corrected chi connectivity index (χ0v) is 19.9. The molecule has 2 aliphatic rings. The van der Waals surface area contributed by atoms with Crippen molar-refractivity contribution in [2.24, 2.45) is 5.73 Å². The molecule has 0 spiro atoms. The normalized spacial score (nSPS) is 17.0. The van der Waals surface area contributed by atoms with E-state index < -0.39 is 11.8 Å². The van der Waals surface area contributed by atoms with Crippen LogP contribution in [-0.2, 0) is 22.4 Å². The van der Waals surface area contributed by atoms with Crippen molar-refractivity contribution in [3.63, 3.8) is 0 Å². The van der Waals surface area contributed by atoms with Crippen molar-refractivity contribution in [3.05, 3.63) is 53.3 Å². The summed E-state index contributed by atoms with van der Waals surface area (Å²) in [5.41, 5.74) is 9.33. The fourth-order valence-electron chi connectivity index (χ4n) is 4.54. The fourth-order valence-corrected chi connectivity index (χ4v) is 4.54. The number of guanidine groups is 1. The summed E-state index contributed by atoms with van der Waals surface area (Å²) in [5.74, 6) is 0.790. The minimum atomic E-state index is -0.772. The molecule has 9 nitrogen and oxygen atoms in total. The molecule has 1 aromatic carbocycles. The van der Waals surface area contributed by atoms with Gasteiger partial charge in [0.25, 0.3) is 0 Å². The van der Waals surface area contributed by atoms with Gasteiger partial charge >= 0.3 is 6.16 Å². The number of hydrogen-bond acceptors (Lipinski definition) is 7. The Labute approximate surface area is 200 Å². The molecule has 0 radical (unpaired) electrons. The summed E-state index contributed by atoms with van der Waals surface area (Å²) < 4.78 is 17.1. The Morgan fingerprint density at radius 1 is 1.18 bits per heavy atom. The topological polar surface area (TPSA) is 114 Å². The van der Waals surface area contributed by atoms with Gasteiger partial charge in [-0.2, -0.15) is 0 Å². The number of aromatic nitrogens is 1. The lowest BCUT2D eigenvalue weighted by Crippen LogP contribution is -2.51. The first-order valence-electron chi connectivity index (χ1n) is 11.7. The van der Waals surface area contributed by atoms with E-state index >= 15 is 0 Å². The maximum atomic E-state index is 12.3. The van der Waals surface area contributed by atoms with Gasteiger partial charge in [0, 0.05) is 56.6 Å². The summed E-state index contributed by atoms with van der Waals surface area (Å²) >= 11 is 0. The highest BCUT2D eigenvalue weighted by molar-refractivity contribution is 5.75. The van der Waals surface area contributed by atoms with E-state index in [2.05, 4.69) is 22.0 Å². The maximum Gasteiger partial charge on any atom is 0.508 e. The zero-order valence-electron chi connectivity index (χ0n) is 19.9. The average Bonchev–Trinajstić information content (AvgIpc) is 2.83. The van der Waals surface area contributed by atoms with E-state index in [1.807, 2.05) is 36.2 Å². The number of rotatable bonds is 6. The molecule has 3 heterocycles. The first-order chi connectivity index (χ1) is 16.4. The van der Waals surface area contributed by atoms with Crippen LogP contribution in [-0.4, -0.2) is 60.4 Å². The Morgan fingerprint density at radius 2 is 1.97 bits per heavy atom. The smallest absolute Gasteiger partial charge is 0.489 e. The second-order valence-corrected chi connectivity index (χ2v) is 8.89. The molecule has 0 saturated carbocycles. The van der Waals surface area contributed by atoms with E-state index in [9.17, 15) is 4.79 Å².